The van der Waals surface area contributed by atoms with E-state index in [0.717, 1.165) is 42.1 Å². The lowest BCUT2D eigenvalue weighted by Gasteiger charge is -2.36. The molecule has 1 spiro atoms. The van der Waals surface area contributed by atoms with Crippen LogP contribution in [0.2, 0.25) is 0 Å². The number of amides is 2. The van der Waals surface area contributed by atoms with E-state index in [2.05, 4.69) is 4.99 Å². The Morgan fingerprint density at radius 3 is 2.68 bits per heavy atom. The molecular formula is C17H24N2O2S. The lowest BCUT2D eigenvalue weighted by atomic mass is 9.87. The first kappa shape index (κ1) is 14.7. The summed E-state index contributed by atoms with van der Waals surface area (Å²) in [5.74, 6) is 2.79. The molecule has 2 saturated carbocycles. The highest BCUT2D eigenvalue weighted by atomic mass is 32.2. The van der Waals surface area contributed by atoms with E-state index in [1.54, 1.807) is 18.7 Å². The van der Waals surface area contributed by atoms with Crippen molar-refractivity contribution in [3.8, 4) is 0 Å². The van der Waals surface area contributed by atoms with E-state index >= 15 is 0 Å². The summed E-state index contributed by atoms with van der Waals surface area (Å²) in [6.07, 6.45) is 8.12. The fourth-order valence-electron chi connectivity index (χ4n) is 4.94. The third-order valence-corrected chi connectivity index (χ3v) is 7.73. The maximum absolute atomic E-state index is 12.5. The number of hydrogen-bond donors (Lipinski definition) is 0. The minimum absolute atomic E-state index is 0.0684. The number of carbonyl (C=O) groups is 2. The van der Waals surface area contributed by atoms with E-state index in [1.165, 1.54) is 25.7 Å². The van der Waals surface area contributed by atoms with Crippen molar-refractivity contribution >= 4 is 28.6 Å². The van der Waals surface area contributed by atoms with Gasteiger partial charge in [0.15, 0.2) is 0 Å². The molecule has 22 heavy (non-hydrogen) atoms. The molecule has 0 aromatic heterocycles. The highest BCUT2D eigenvalue weighted by Gasteiger charge is 2.48. The van der Waals surface area contributed by atoms with Gasteiger partial charge in [0.2, 0.25) is 5.91 Å². The van der Waals surface area contributed by atoms with Crippen LogP contribution in [-0.4, -0.2) is 39.6 Å². The molecule has 3 unspecified atom stereocenters. The Kier molecular flexibility index (Phi) is 3.59. The van der Waals surface area contributed by atoms with Gasteiger partial charge in [0.25, 0.3) is 5.91 Å². The Bertz CT molecular complexity index is 537. The molecule has 2 amide bonds. The molecule has 4 nitrogen and oxygen atoms in total. The van der Waals surface area contributed by atoms with Crippen molar-refractivity contribution in [1.29, 1.82) is 0 Å². The average Bonchev–Trinajstić information content (AvgIpc) is 3.16. The van der Waals surface area contributed by atoms with Crippen LogP contribution >= 0.6 is 11.8 Å². The molecule has 3 fully saturated rings. The lowest BCUT2D eigenvalue weighted by molar-refractivity contribution is -0.131. The fourth-order valence-corrected chi connectivity index (χ4v) is 6.34. The van der Waals surface area contributed by atoms with Crippen LogP contribution in [0.4, 0.5) is 0 Å². The monoisotopic (exact) mass is 320 g/mol. The molecular weight excluding hydrogens is 296 g/mol. The van der Waals surface area contributed by atoms with Crippen molar-refractivity contribution in [2.75, 3.05) is 13.1 Å². The largest absolute Gasteiger partial charge is 0.343 e. The maximum Gasteiger partial charge on any atom is 0.263 e. The Morgan fingerprint density at radius 2 is 2.09 bits per heavy atom. The van der Waals surface area contributed by atoms with Crippen molar-refractivity contribution < 1.29 is 9.59 Å². The summed E-state index contributed by atoms with van der Waals surface area (Å²) in [6, 6.07) is 0. The van der Waals surface area contributed by atoms with Gasteiger partial charge in [0.05, 0.1) is 5.04 Å². The number of rotatable bonds is 2. The minimum Gasteiger partial charge on any atom is -0.343 e. The van der Waals surface area contributed by atoms with Gasteiger partial charge in [-0.15, -0.1) is 0 Å². The molecule has 4 rings (SSSR count). The minimum atomic E-state index is -0.348. The number of nitrogens with zero attached hydrogens (tertiary/aromatic N) is 2. The van der Waals surface area contributed by atoms with Crippen molar-refractivity contribution in [1.82, 2.24) is 4.90 Å². The first-order valence-electron chi connectivity index (χ1n) is 8.62. The SMILES string of the molecule is CC(=O)N1CCC2(CC1)SC(CC1CC3CCC1C3)=NC2=O. The van der Waals surface area contributed by atoms with Crippen molar-refractivity contribution in [2.45, 2.75) is 56.6 Å². The van der Waals surface area contributed by atoms with Crippen LogP contribution in [0.15, 0.2) is 4.99 Å². The highest BCUT2D eigenvalue weighted by molar-refractivity contribution is 8.16. The van der Waals surface area contributed by atoms with E-state index in [4.69, 9.17) is 0 Å². The molecule has 0 N–H and O–H groups in total. The van der Waals surface area contributed by atoms with Crippen molar-refractivity contribution in [3.05, 3.63) is 0 Å². The van der Waals surface area contributed by atoms with Crippen LogP contribution in [0.1, 0.15) is 51.9 Å². The zero-order chi connectivity index (χ0) is 15.3. The fraction of sp³-hybridized carbons (Fsp3) is 0.824. The van der Waals surface area contributed by atoms with E-state index < -0.39 is 0 Å². The topological polar surface area (TPSA) is 49.7 Å². The summed E-state index contributed by atoms with van der Waals surface area (Å²) in [7, 11) is 0. The van der Waals surface area contributed by atoms with E-state index in [1.807, 2.05) is 4.90 Å². The number of aliphatic imine (C=N–C) groups is 1. The van der Waals surface area contributed by atoms with Crippen LogP contribution < -0.4 is 0 Å². The number of carbonyl (C=O) groups excluding carboxylic acids is 2. The van der Waals surface area contributed by atoms with E-state index in [-0.39, 0.29) is 16.6 Å². The molecule has 4 aliphatic rings. The highest BCUT2D eigenvalue weighted by Crippen LogP contribution is 2.52. The second-order valence-electron chi connectivity index (χ2n) is 7.55. The van der Waals surface area contributed by atoms with Crippen LogP contribution in [0.3, 0.4) is 0 Å². The first-order chi connectivity index (χ1) is 10.6. The summed E-state index contributed by atoms with van der Waals surface area (Å²) in [5, 5.41) is 1.08. The summed E-state index contributed by atoms with van der Waals surface area (Å²) >= 11 is 1.73. The van der Waals surface area contributed by atoms with Gasteiger partial charge in [-0.3, -0.25) is 9.59 Å². The van der Waals surface area contributed by atoms with Gasteiger partial charge < -0.3 is 4.90 Å². The summed E-state index contributed by atoms with van der Waals surface area (Å²) in [5.41, 5.74) is 0. The second-order valence-corrected chi connectivity index (χ2v) is 9.01. The Morgan fingerprint density at radius 1 is 1.32 bits per heavy atom. The molecule has 2 aliphatic carbocycles. The predicted molar refractivity (Wildman–Crippen MR) is 87.8 cm³/mol. The summed E-state index contributed by atoms with van der Waals surface area (Å²) in [4.78, 5) is 30.2. The summed E-state index contributed by atoms with van der Waals surface area (Å²) < 4.78 is -0.348. The number of piperidine rings is 1. The van der Waals surface area contributed by atoms with Gasteiger partial charge in [0, 0.05) is 20.0 Å². The standard InChI is InChI=1S/C17H24N2O2S/c1-11(20)19-6-4-17(5-7-19)16(21)18-15(22-17)10-14-9-12-2-3-13(14)8-12/h12-14H,2-10H2,1H3. The van der Waals surface area contributed by atoms with Gasteiger partial charge in [-0.25, -0.2) is 4.99 Å². The molecule has 1 saturated heterocycles. The molecule has 2 aliphatic heterocycles. The second kappa shape index (κ2) is 5.36. The number of fused-ring (bicyclic) bond motifs is 2. The van der Waals surface area contributed by atoms with Crippen molar-refractivity contribution in [3.63, 3.8) is 0 Å². The normalized spacial score (nSPS) is 36.2. The third kappa shape index (κ3) is 2.41. The quantitative estimate of drug-likeness (QED) is 0.786. The van der Waals surface area contributed by atoms with Gasteiger partial charge in [-0.05, 0) is 56.3 Å². The molecule has 3 atom stereocenters. The Balaban J connectivity index is 1.38. The molecule has 2 heterocycles. The third-order valence-electron chi connectivity index (χ3n) is 6.27. The average molecular weight is 320 g/mol. The number of likely N-dealkylation sites (tertiary alicyclic amines) is 1. The van der Waals surface area contributed by atoms with Crippen molar-refractivity contribution in [2.24, 2.45) is 22.7 Å². The van der Waals surface area contributed by atoms with Gasteiger partial charge in [-0.2, -0.15) is 0 Å². The van der Waals surface area contributed by atoms with Crippen LogP contribution in [0, 0.1) is 17.8 Å². The molecule has 0 aromatic rings. The zero-order valence-electron chi connectivity index (χ0n) is 13.2. The Hall–Kier alpha value is -0.840. The lowest BCUT2D eigenvalue weighted by Crippen LogP contribution is -2.46. The number of thioether (sulfide) groups is 1. The molecule has 120 valence electrons. The predicted octanol–water partition coefficient (Wildman–Crippen LogP) is 2.87. The molecule has 5 heteroatoms. The van der Waals surface area contributed by atoms with Gasteiger partial charge in [-0.1, -0.05) is 18.2 Å². The van der Waals surface area contributed by atoms with Crippen LogP contribution in [-0.2, 0) is 9.59 Å². The first-order valence-corrected chi connectivity index (χ1v) is 9.44. The van der Waals surface area contributed by atoms with Gasteiger partial charge in [0.1, 0.15) is 4.75 Å². The zero-order valence-corrected chi connectivity index (χ0v) is 14.0. The molecule has 0 radical (unpaired) electrons. The van der Waals surface area contributed by atoms with Crippen LogP contribution in [0.5, 0.6) is 0 Å². The molecule has 2 bridgehead atoms. The maximum atomic E-state index is 12.5. The van der Waals surface area contributed by atoms with Crippen LogP contribution in [0.25, 0.3) is 0 Å². The Labute approximate surface area is 136 Å². The van der Waals surface area contributed by atoms with E-state index in [0.29, 0.717) is 13.1 Å². The molecule has 0 aromatic carbocycles. The summed E-state index contributed by atoms with van der Waals surface area (Å²) in [6.45, 7) is 3.01. The van der Waals surface area contributed by atoms with Gasteiger partial charge >= 0.3 is 0 Å². The smallest absolute Gasteiger partial charge is 0.263 e. The number of hydrogen-bond acceptors (Lipinski definition) is 3. The van der Waals surface area contributed by atoms with E-state index in [9.17, 15) is 9.59 Å².